The molecule has 1 unspecified atom stereocenters. The highest BCUT2D eigenvalue weighted by Gasteiger charge is 2.28. The van der Waals surface area contributed by atoms with Crippen LogP contribution < -0.4 is 26.4 Å². The Balaban J connectivity index is 1.58. The van der Waals surface area contributed by atoms with Gasteiger partial charge in [0.05, 0.1) is 13.5 Å². The van der Waals surface area contributed by atoms with E-state index in [2.05, 4.69) is 25.9 Å². The number of guanidine groups is 2. The molecule has 9 heteroatoms. The molecule has 2 aromatic rings. The van der Waals surface area contributed by atoms with Crippen LogP contribution in [0.4, 0.5) is 11.4 Å². The maximum Gasteiger partial charge on any atom is 0.252 e. The van der Waals surface area contributed by atoms with Crippen molar-refractivity contribution >= 4 is 35.1 Å². The predicted molar refractivity (Wildman–Crippen MR) is 107 cm³/mol. The molecule has 144 valence electrons. The zero-order valence-corrected chi connectivity index (χ0v) is 15.2. The second-order valence-electron chi connectivity index (χ2n) is 5.93. The van der Waals surface area contributed by atoms with Crippen LogP contribution in [0.15, 0.2) is 64.6 Å². The summed E-state index contributed by atoms with van der Waals surface area (Å²) in [4.78, 5) is 32.4. The number of nitrogens with two attached hydrogens (primary N) is 1. The molecular weight excluding hydrogens is 360 g/mol. The van der Waals surface area contributed by atoms with Gasteiger partial charge in [-0.25, -0.2) is 4.99 Å². The van der Waals surface area contributed by atoms with Crippen molar-refractivity contribution in [2.24, 2.45) is 15.7 Å². The molecule has 9 nitrogen and oxygen atoms in total. The van der Waals surface area contributed by atoms with Gasteiger partial charge in [-0.1, -0.05) is 18.2 Å². The Labute approximate surface area is 161 Å². The van der Waals surface area contributed by atoms with Crippen molar-refractivity contribution in [1.29, 1.82) is 0 Å². The van der Waals surface area contributed by atoms with E-state index in [-0.39, 0.29) is 24.2 Å². The standard InChI is InChI=1S/C19H20N6O3/c1-28-14-9-7-13(8-10-14)21-16(26)11-15-17(27)24-19(23-15)25-18(20)22-12-5-3-2-4-6-12/h2-10,15H,11H2,1H3,(H,21,26)(H4,20,22,23,24,25,27). The Hall–Kier alpha value is -3.88. The molecule has 3 rings (SSSR count). The minimum atomic E-state index is -0.860. The van der Waals surface area contributed by atoms with Crippen LogP contribution in [0, 0.1) is 0 Å². The smallest absolute Gasteiger partial charge is 0.252 e. The molecule has 0 aliphatic carbocycles. The first-order valence-electron chi connectivity index (χ1n) is 8.52. The summed E-state index contributed by atoms with van der Waals surface area (Å²) in [5.41, 5.74) is 7.17. The number of ether oxygens (including phenoxy) is 1. The van der Waals surface area contributed by atoms with Gasteiger partial charge in [-0.2, -0.15) is 4.99 Å². The highest BCUT2D eigenvalue weighted by Crippen LogP contribution is 2.16. The van der Waals surface area contributed by atoms with Crippen molar-refractivity contribution in [3.8, 4) is 5.75 Å². The van der Waals surface area contributed by atoms with Gasteiger partial charge in [-0.3, -0.25) is 14.9 Å². The molecule has 0 radical (unpaired) electrons. The lowest BCUT2D eigenvalue weighted by Crippen LogP contribution is -2.32. The fourth-order valence-corrected chi connectivity index (χ4v) is 2.50. The predicted octanol–water partition coefficient (Wildman–Crippen LogP) is 1.30. The molecule has 2 aromatic carbocycles. The summed E-state index contributed by atoms with van der Waals surface area (Å²) in [7, 11) is 1.56. The molecule has 1 aliphatic rings. The number of carbonyl (C=O) groups is 2. The fourth-order valence-electron chi connectivity index (χ4n) is 2.50. The van der Waals surface area contributed by atoms with Gasteiger partial charge in [0.15, 0.2) is 0 Å². The Bertz CT molecular complexity index is 909. The van der Waals surface area contributed by atoms with Crippen molar-refractivity contribution in [1.82, 2.24) is 5.32 Å². The molecule has 0 spiro atoms. The first-order chi connectivity index (χ1) is 13.5. The van der Waals surface area contributed by atoms with Crippen LogP contribution in [0.5, 0.6) is 5.75 Å². The largest absolute Gasteiger partial charge is 0.497 e. The molecule has 1 atom stereocenters. The average molecular weight is 380 g/mol. The van der Waals surface area contributed by atoms with E-state index in [0.29, 0.717) is 11.4 Å². The topological polar surface area (TPSA) is 130 Å². The zero-order chi connectivity index (χ0) is 19.9. The summed E-state index contributed by atoms with van der Waals surface area (Å²) in [5.74, 6) is 0.0783. The van der Waals surface area contributed by atoms with Gasteiger partial charge in [-0.05, 0) is 36.4 Å². The van der Waals surface area contributed by atoms with E-state index in [9.17, 15) is 9.59 Å². The van der Waals surface area contributed by atoms with Crippen LogP contribution in [0.3, 0.4) is 0 Å². The molecule has 1 heterocycles. The Morgan fingerprint density at radius 3 is 2.50 bits per heavy atom. The van der Waals surface area contributed by atoms with E-state index < -0.39 is 11.9 Å². The third-order valence-electron chi connectivity index (χ3n) is 3.84. The number of hydrogen-bond donors (Lipinski definition) is 4. The maximum absolute atomic E-state index is 12.2. The SMILES string of the molecule is COc1ccc(NC(=O)CC2N=C(/N=C(\N)Nc3ccccc3)NC2=O)cc1. The lowest BCUT2D eigenvalue weighted by atomic mass is 10.2. The van der Waals surface area contributed by atoms with Crippen molar-refractivity contribution in [3.63, 3.8) is 0 Å². The van der Waals surface area contributed by atoms with Crippen molar-refractivity contribution in [2.45, 2.75) is 12.5 Å². The van der Waals surface area contributed by atoms with Crippen LogP contribution in [0.1, 0.15) is 6.42 Å². The van der Waals surface area contributed by atoms with Crippen LogP contribution in [-0.2, 0) is 9.59 Å². The molecule has 0 fully saturated rings. The minimum Gasteiger partial charge on any atom is -0.497 e. The number of para-hydroxylation sites is 1. The second-order valence-corrected chi connectivity index (χ2v) is 5.93. The van der Waals surface area contributed by atoms with E-state index >= 15 is 0 Å². The normalized spacial score (nSPS) is 16.2. The van der Waals surface area contributed by atoms with Crippen molar-refractivity contribution in [2.75, 3.05) is 17.7 Å². The fraction of sp³-hybridized carbons (Fsp3) is 0.158. The Morgan fingerprint density at radius 2 is 1.82 bits per heavy atom. The first-order valence-corrected chi connectivity index (χ1v) is 8.52. The van der Waals surface area contributed by atoms with Gasteiger partial charge < -0.3 is 21.1 Å². The summed E-state index contributed by atoms with van der Waals surface area (Å²) in [6, 6.07) is 15.2. The minimum absolute atomic E-state index is 0.0631. The molecule has 1 aliphatic heterocycles. The number of methoxy groups -OCH3 is 1. The van der Waals surface area contributed by atoms with Gasteiger partial charge in [0.25, 0.3) is 5.91 Å². The number of nitrogens with one attached hydrogen (secondary N) is 3. The summed E-state index contributed by atoms with van der Waals surface area (Å²) < 4.78 is 5.07. The molecule has 28 heavy (non-hydrogen) atoms. The quantitative estimate of drug-likeness (QED) is 0.459. The molecule has 0 aromatic heterocycles. The van der Waals surface area contributed by atoms with E-state index in [1.165, 1.54) is 0 Å². The molecule has 0 bridgehead atoms. The maximum atomic E-state index is 12.2. The second kappa shape index (κ2) is 8.67. The third-order valence-corrected chi connectivity index (χ3v) is 3.84. The van der Waals surface area contributed by atoms with E-state index in [0.717, 1.165) is 5.69 Å². The van der Waals surface area contributed by atoms with Crippen molar-refractivity contribution in [3.05, 3.63) is 54.6 Å². The molecule has 5 N–H and O–H groups in total. The lowest BCUT2D eigenvalue weighted by Gasteiger charge is -2.07. The van der Waals surface area contributed by atoms with Gasteiger partial charge in [0.1, 0.15) is 11.8 Å². The number of hydrogen-bond acceptors (Lipinski definition) is 5. The number of benzene rings is 2. The number of aliphatic imine (C=N–C) groups is 2. The van der Waals surface area contributed by atoms with Gasteiger partial charge in [-0.15, -0.1) is 0 Å². The summed E-state index contributed by atoms with van der Waals surface area (Å²) in [6.07, 6.45) is -0.108. The van der Waals surface area contributed by atoms with Crippen LogP contribution >= 0.6 is 0 Å². The van der Waals surface area contributed by atoms with Crippen LogP contribution in [0.25, 0.3) is 0 Å². The van der Waals surface area contributed by atoms with E-state index in [1.807, 2.05) is 30.3 Å². The van der Waals surface area contributed by atoms with Crippen LogP contribution in [-0.4, -0.2) is 36.9 Å². The molecule has 0 saturated heterocycles. The van der Waals surface area contributed by atoms with E-state index in [1.54, 1.807) is 31.4 Å². The van der Waals surface area contributed by atoms with Gasteiger partial charge >= 0.3 is 0 Å². The number of rotatable bonds is 5. The Kier molecular flexibility index (Phi) is 5.85. The molecule has 0 saturated carbocycles. The summed E-state index contributed by atoms with van der Waals surface area (Å²) in [6.45, 7) is 0. The van der Waals surface area contributed by atoms with Crippen LogP contribution in [0.2, 0.25) is 0 Å². The summed E-state index contributed by atoms with van der Waals surface area (Å²) in [5, 5.41) is 8.11. The average Bonchev–Trinajstić information content (AvgIpc) is 3.01. The zero-order valence-electron chi connectivity index (χ0n) is 15.2. The highest BCUT2D eigenvalue weighted by atomic mass is 16.5. The summed E-state index contributed by atoms with van der Waals surface area (Å²) >= 11 is 0. The molecular formula is C19H20N6O3. The highest BCUT2D eigenvalue weighted by molar-refractivity contribution is 6.11. The van der Waals surface area contributed by atoms with Crippen molar-refractivity contribution < 1.29 is 14.3 Å². The number of nitrogens with zero attached hydrogens (tertiary/aromatic N) is 2. The molecule has 2 amide bonds. The third kappa shape index (κ3) is 5.07. The monoisotopic (exact) mass is 380 g/mol. The number of anilines is 2. The lowest BCUT2D eigenvalue weighted by molar-refractivity contribution is -0.123. The number of carbonyl (C=O) groups excluding carboxylic acids is 2. The van der Waals surface area contributed by atoms with Gasteiger partial charge in [0, 0.05) is 11.4 Å². The van der Waals surface area contributed by atoms with E-state index in [4.69, 9.17) is 10.5 Å². The first kappa shape index (κ1) is 18.9. The van der Waals surface area contributed by atoms with Gasteiger partial charge in [0.2, 0.25) is 17.8 Å². The number of amides is 2. The Morgan fingerprint density at radius 1 is 1.14 bits per heavy atom.